The van der Waals surface area contributed by atoms with Gasteiger partial charge in [-0.1, -0.05) is 12.1 Å². The molecule has 134 valence electrons. The van der Waals surface area contributed by atoms with Crippen LogP contribution in [0.3, 0.4) is 0 Å². The minimum Gasteiger partial charge on any atom is -0.341 e. The van der Waals surface area contributed by atoms with Crippen molar-refractivity contribution in [2.24, 2.45) is 0 Å². The summed E-state index contributed by atoms with van der Waals surface area (Å²) in [4.78, 5) is 11.9. The van der Waals surface area contributed by atoms with Gasteiger partial charge in [-0.2, -0.15) is 0 Å². The van der Waals surface area contributed by atoms with Crippen molar-refractivity contribution in [2.45, 2.75) is 45.2 Å². The number of benzene rings is 1. The van der Waals surface area contributed by atoms with Crippen LogP contribution in [-0.2, 0) is 19.4 Å². The molecule has 0 aliphatic carbocycles. The summed E-state index contributed by atoms with van der Waals surface area (Å²) in [5.74, 6) is 0.661. The summed E-state index contributed by atoms with van der Waals surface area (Å²) in [5, 5.41) is 0. The van der Waals surface area contributed by atoms with Gasteiger partial charge in [0.05, 0.1) is 17.2 Å². The van der Waals surface area contributed by atoms with Gasteiger partial charge in [-0.25, -0.2) is 14.4 Å². The Labute approximate surface area is 152 Å². The van der Waals surface area contributed by atoms with Gasteiger partial charge in [0.25, 0.3) is 0 Å². The van der Waals surface area contributed by atoms with E-state index in [-0.39, 0.29) is 5.82 Å². The van der Waals surface area contributed by atoms with E-state index in [0.29, 0.717) is 6.04 Å². The Bertz CT molecular complexity index is 960. The lowest BCUT2D eigenvalue weighted by molar-refractivity contribution is 0.241. The van der Waals surface area contributed by atoms with Crippen LogP contribution in [-0.4, -0.2) is 32.5 Å². The lowest BCUT2D eigenvalue weighted by atomic mass is 9.98. The molecule has 26 heavy (non-hydrogen) atoms. The van der Waals surface area contributed by atoms with Crippen LogP contribution in [0, 0.1) is 12.7 Å². The predicted octanol–water partition coefficient (Wildman–Crippen LogP) is 3.81. The quantitative estimate of drug-likeness (QED) is 0.720. The van der Waals surface area contributed by atoms with Gasteiger partial charge >= 0.3 is 0 Å². The molecule has 2 aromatic heterocycles. The molecule has 1 unspecified atom stereocenters. The third-order valence-electron chi connectivity index (χ3n) is 5.94. The molecule has 0 spiro atoms. The molecule has 5 heteroatoms. The van der Waals surface area contributed by atoms with Crippen molar-refractivity contribution >= 4 is 11.0 Å². The van der Waals surface area contributed by atoms with Crippen LogP contribution >= 0.6 is 0 Å². The molecule has 1 aromatic carbocycles. The molecule has 3 aromatic rings. The molecule has 0 N–H and O–H groups in total. The molecule has 2 aliphatic heterocycles. The van der Waals surface area contributed by atoms with Crippen LogP contribution in [0.15, 0.2) is 30.5 Å². The summed E-state index contributed by atoms with van der Waals surface area (Å²) in [5.41, 5.74) is 6.33. The fraction of sp³-hybridized carbons (Fsp3) is 0.429. The average Bonchev–Trinajstić information content (AvgIpc) is 3.23. The van der Waals surface area contributed by atoms with Crippen molar-refractivity contribution in [2.75, 3.05) is 13.1 Å². The minimum atomic E-state index is -0.178. The third kappa shape index (κ3) is 2.53. The molecular formula is C21H23FN4. The van der Waals surface area contributed by atoms with E-state index in [0.717, 1.165) is 48.4 Å². The van der Waals surface area contributed by atoms with Crippen LogP contribution in [0.1, 0.15) is 41.5 Å². The lowest BCUT2D eigenvalue weighted by Crippen LogP contribution is -2.31. The van der Waals surface area contributed by atoms with Gasteiger partial charge in [0.2, 0.25) is 0 Å². The normalized spacial score (nSPS) is 19.7. The first kappa shape index (κ1) is 15.9. The molecule has 0 amide bonds. The summed E-state index contributed by atoms with van der Waals surface area (Å²) in [6.45, 7) is 5.20. The Morgan fingerprint density at radius 1 is 1.19 bits per heavy atom. The number of nitrogens with zero attached hydrogens (tertiary/aromatic N) is 4. The first-order chi connectivity index (χ1) is 12.7. The van der Waals surface area contributed by atoms with Crippen molar-refractivity contribution in [3.63, 3.8) is 0 Å². The highest BCUT2D eigenvalue weighted by Crippen LogP contribution is 2.42. The number of hydrogen-bond donors (Lipinski definition) is 0. The maximum Gasteiger partial charge on any atom is 0.126 e. The number of rotatable bonds is 3. The molecule has 1 fully saturated rings. The fourth-order valence-corrected chi connectivity index (χ4v) is 4.72. The van der Waals surface area contributed by atoms with Crippen molar-refractivity contribution < 1.29 is 4.39 Å². The van der Waals surface area contributed by atoms with E-state index in [2.05, 4.69) is 14.5 Å². The highest BCUT2D eigenvalue weighted by molar-refractivity contribution is 5.82. The molecule has 5 rings (SSSR count). The maximum absolute atomic E-state index is 13.2. The molecule has 1 saturated heterocycles. The molecule has 0 saturated carbocycles. The van der Waals surface area contributed by atoms with Crippen molar-refractivity contribution in [1.29, 1.82) is 0 Å². The lowest BCUT2D eigenvalue weighted by Gasteiger charge is -2.30. The van der Waals surface area contributed by atoms with E-state index in [1.165, 1.54) is 30.6 Å². The number of hydrogen-bond acceptors (Lipinski definition) is 3. The average molecular weight is 350 g/mol. The minimum absolute atomic E-state index is 0.178. The summed E-state index contributed by atoms with van der Waals surface area (Å²) in [7, 11) is 0. The molecular weight excluding hydrogens is 327 g/mol. The van der Waals surface area contributed by atoms with Gasteiger partial charge < -0.3 is 4.57 Å². The van der Waals surface area contributed by atoms with Crippen LogP contribution in [0.5, 0.6) is 0 Å². The smallest absolute Gasteiger partial charge is 0.126 e. The summed E-state index contributed by atoms with van der Waals surface area (Å²) in [6, 6.07) is 7.37. The van der Waals surface area contributed by atoms with Crippen molar-refractivity contribution in [1.82, 2.24) is 19.4 Å². The maximum atomic E-state index is 13.2. The molecule has 4 nitrogen and oxygen atoms in total. The van der Waals surface area contributed by atoms with Gasteiger partial charge in [-0.05, 0) is 50.4 Å². The number of halogens is 1. The van der Waals surface area contributed by atoms with Gasteiger partial charge in [0, 0.05) is 36.8 Å². The van der Waals surface area contributed by atoms with Crippen molar-refractivity contribution in [3.8, 4) is 0 Å². The standard InChI is InChI=1S/C21H23FN4/c1-14-23-13-19-21(24-14)20-17-3-2-10-25(17)11-9-18(20)26(19)12-8-15-4-6-16(22)7-5-15/h4-7,13,17H,2-3,8-12H2,1H3. The van der Waals surface area contributed by atoms with Gasteiger partial charge in [0.15, 0.2) is 0 Å². The Kier molecular flexibility index (Phi) is 3.78. The Hall–Kier alpha value is -2.27. The van der Waals surface area contributed by atoms with E-state index in [1.807, 2.05) is 25.3 Å². The first-order valence-electron chi connectivity index (χ1n) is 9.54. The molecule has 1 atom stereocenters. The SMILES string of the molecule is Cc1ncc2c(n1)c1c(n2CCc2ccc(F)cc2)CCN2CCCC12. The molecule has 0 radical (unpaired) electrons. The summed E-state index contributed by atoms with van der Waals surface area (Å²) < 4.78 is 15.6. The van der Waals surface area contributed by atoms with Gasteiger partial charge in [-0.3, -0.25) is 4.90 Å². The monoisotopic (exact) mass is 350 g/mol. The Balaban J connectivity index is 1.57. The number of aromatic nitrogens is 3. The first-order valence-corrected chi connectivity index (χ1v) is 9.54. The van der Waals surface area contributed by atoms with Crippen LogP contribution < -0.4 is 0 Å². The topological polar surface area (TPSA) is 34.0 Å². The van der Waals surface area contributed by atoms with Crippen molar-refractivity contribution in [3.05, 3.63) is 58.9 Å². The predicted molar refractivity (Wildman–Crippen MR) is 99.6 cm³/mol. The highest BCUT2D eigenvalue weighted by atomic mass is 19.1. The van der Waals surface area contributed by atoms with Crippen LogP contribution in [0.2, 0.25) is 0 Å². The van der Waals surface area contributed by atoms with E-state index in [9.17, 15) is 4.39 Å². The zero-order chi connectivity index (χ0) is 17.7. The second kappa shape index (κ2) is 6.16. The van der Waals surface area contributed by atoms with E-state index < -0.39 is 0 Å². The Morgan fingerprint density at radius 3 is 2.88 bits per heavy atom. The van der Waals surface area contributed by atoms with E-state index in [4.69, 9.17) is 4.98 Å². The molecule has 2 aliphatic rings. The third-order valence-corrected chi connectivity index (χ3v) is 5.94. The van der Waals surface area contributed by atoms with Gasteiger partial charge in [-0.15, -0.1) is 0 Å². The largest absolute Gasteiger partial charge is 0.341 e. The number of fused-ring (bicyclic) bond motifs is 5. The van der Waals surface area contributed by atoms with E-state index >= 15 is 0 Å². The number of aryl methyl sites for hydroxylation is 3. The summed E-state index contributed by atoms with van der Waals surface area (Å²) >= 11 is 0. The second-order valence-electron chi connectivity index (χ2n) is 7.48. The van der Waals surface area contributed by atoms with E-state index in [1.54, 1.807) is 12.1 Å². The second-order valence-corrected chi connectivity index (χ2v) is 7.48. The fourth-order valence-electron chi connectivity index (χ4n) is 4.72. The zero-order valence-electron chi connectivity index (χ0n) is 15.1. The Morgan fingerprint density at radius 2 is 2.04 bits per heavy atom. The highest BCUT2D eigenvalue weighted by Gasteiger charge is 2.35. The van der Waals surface area contributed by atoms with Crippen LogP contribution in [0.25, 0.3) is 11.0 Å². The van der Waals surface area contributed by atoms with Gasteiger partial charge in [0.1, 0.15) is 11.6 Å². The molecule has 0 bridgehead atoms. The molecule has 4 heterocycles. The summed E-state index contributed by atoms with van der Waals surface area (Å²) in [6.07, 6.45) is 6.45. The zero-order valence-corrected chi connectivity index (χ0v) is 15.1. The van der Waals surface area contributed by atoms with Crippen LogP contribution in [0.4, 0.5) is 4.39 Å².